The van der Waals surface area contributed by atoms with Gasteiger partial charge in [0.05, 0.1) is 159 Å². The average molecular weight is 663 g/mol. The van der Waals surface area contributed by atoms with Crippen LogP contribution < -0.4 is 0 Å². The van der Waals surface area contributed by atoms with Crippen LogP contribution >= 0.6 is 11.6 Å². The third-order valence-corrected chi connectivity index (χ3v) is 5.11. The summed E-state index contributed by atoms with van der Waals surface area (Å²) >= 11 is 5.50. The van der Waals surface area contributed by atoms with E-state index in [1.165, 1.54) is 0 Å². The molecule has 0 rings (SSSR count). The summed E-state index contributed by atoms with van der Waals surface area (Å²) in [6.07, 6.45) is 1.11. The summed E-state index contributed by atoms with van der Waals surface area (Å²) in [6, 6.07) is 0. The molecule has 0 aromatic rings. The molecule has 0 bridgehead atoms. The molecule has 0 aliphatic rings. The highest BCUT2D eigenvalue weighted by molar-refractivity contribution is 6.17. The Morgan fingerprint density at radius 1 is 0.364 bits per heavy atom. The first-order valence-electron chi connectivity index (χ1n) is 15.1. The number of alkyl halides is 1. The molecule has 0 radical (unpaired) electrons. The van der Waals surface area contributed by atoms with Gasteiger partial charge < -0.3 is 61.6 Å². The van der Waals surface area contributed by atoms with Crippen molar-refractivity contribution in [3.63, 3.8) is 0 Å². The van der Waals surface area contributed by atoms with Crippen molar-refractivity contribution in [3.8, 4) is 0 Å². The first-order chi connectivity index (χ1) is 21.8. The minimum atomic E-state index is -0.460. The van der Waals surface area contributed by atoms with E-state index < -0.39 is 5.97 Å². The number of ether oxygens (including phenoxy) is 13. The van der Waals surface area contributed by atoms with Crippen LogP contribution in [0.2, 0.25) is 0 Å². The van der Waals surface area contributed by atoms with E-state index in [-0.39, 0.29) is 6.61 Å². The molecule has 0 unspecified atom stereocenters. The van der Waals surface area contributed by atoms with E-state index in [1.54, 1.807) is 0 Å². The Balaban J connectivity index is 3.05. The van der Waals surface area contributed by atoms with Crippen molar-refractivity contribution < 1.29 is 66.4 Å². The maximum Gasteiger partial charge on any atom is 0.330 e. The van der Waals surface area contributed by atoms with Crippen molar-refractivity contribution in [3.05, 3.63) is 12.7 Å². The lowest BCUT2D eigenvalue weighted by Crippen LogP contribution is -2.15. The van der Waals surface area contributed by atoms with Crippen molar-refractivity contribution in [1.29, 1.82) is 0 Å². The predicted octanol–water partition coefficient (Wildman–Crippen LogP) is 1.15. The third kappa shape index (κ3) is 39.0. The Morgan fingerprint density at radius 2 is 0.545 bits per heavy atom. The molecule has 0 spiro atoms. The summed E-state index contributed by atoms with van der Waals surface area (Å²) in [4.78, 5) is 10.8. The Labute approximate surface area is 267 Å². The van der Waals surface area contributed by atoms with Gasteiger partial charge in [-0.05, 0) is 0 Å². The normalized spacial score (nSPS) is 11.3. The molecule has 262 valence electrons. The van der Waals surface area contributed by atoms with E-state index in [0.717, 1.165) is 6.08 Å². The highest BCUT2D eigenvalue weighted by Crippen LogP contribution is 1.88. The maximum absolute atomic E-state index is 10.8. The zero-order chi connectivity index (χ0) is 31.9. The van der Waals surface area contributed by atoms with Gasteiger partial charge in [0, 0.05) is 12.0 Å². The number of hydrogen-bond donors (Lipinski definition) is 0. The van der Waals surface area contributed by atoms with Gasteiger partial charge in [0.2, 0.25) is 0 Å². The van der Waals surface area contributed by atoms with Gasteiger partial charge in [-0.25, -0.2) is 4.79 Å². The van der Waals surface area contributed by atoms with Gasteiger partial charge in [0.1, 0.15) is 6.61 Å². The number of esters is 1. The molecule has 0 aliphatic heterocycles. The zero-order valence-electron chi connectivity index (χ0n) is 26.3. The molecule has 0 atom stereocenters. The van der Waals surface area contributed by atoms with E-state index >= 15 is 0 Å². The molecular weight excluding hydrogens is 608 g/mol. The van der Waals surface area contributed by atoms with Crippen LogP contribution in [-0.2, 0) is 66.4 Å². The largest absolute Gasteiger partial charge is 0.460 e. The van der Waals surface area contributed by atoms with Crippen LogP contribution in [0, 0.1) is 0 Å². The molecule has 0 aromatic heterocycles. The summed E-state index contributed by atoms with van der Waals surface area (Å²) in [5, 5.41) is 0. The van der Waals surface area contributed by atoms with Crippen LogP contribution in [0.5, 0.6) is 0 Å². The lowest BCUT2D eigenvalue weighted by molar-refractivity contribution is -0.139. The summed E-state index contributed by atoms with van der Waals surface area (Å²) in [5.74, 6) is 0.0334. The van der Waals surface area contributed by atoms with Crippen LogP contribution in [0.3, 0.4) is 0 Å². The summed E-state index contributed by atoms with van der Waals surface area (Å²) in [7, 11) is 0. The van der Waals surface area contributed by atoms with E-state index in [2.05, 4.69) is 6.58 Å². The Kier molecular flexibility index (Phi) is 39.2. The first-order valence-corrected chi connectivity index (χ1v) is 15.6. The molecule has 14 nitrogen and oxygen atoms in total. The lowest BCUT2D eigenvalue weighted by Gasteiger charge is -2.09. The van der Waals surface area contributed by atoms with Gasteiger partial charge in [0.25, 0.3) is 0 Å². The SMILES string of the molecule is C=CC(=O)OCCOCCOCCOCCOCCOCCOCCOCCOCCOCCOCCOCCOCCCl. The van der Waals surface area contributed by atoms with Gasteiger partial charge in [-0.2, -0.15) is 0 Å². The molecule has 0 aliphatic carbocycles. The third-order valence-electron chi connectivity index (χ3n) is 4.95. The number of rotatable bonds is 39. The standard InChI is InChI=1S/C29H55ClO14/c1-2-29(31)44-28-27-43-26-25-42-24-23-41-22-21-40-20-19-39-18-17-38-16-15-37-14-13-36-12-11-35-10-9-34-8-7-33-6-5-32-4-3-30/h2H,1,3-28H2. The highest BCUT2D eigenvalue weighted by Gasteiger charge is 1.97. The highest BCUT2D eigenvalue weighted by atomic mass is 35.5. The van der Waals surface area contributed by atoms with Crippen LogP contribution in [0.4, 0.5) is 0 Å². The Morgan fingerprint density at radius 3 is 0.727 bits per heavy atom. The van der Waals surface area contributed by atoms with E-state index in [1.807, 2.05) is 0 Å². The van der Waals surface area contributed by atoms with Gasteiger partial charge in [0.15, 0.2) is 0 Å². The van der Waals surface area contributed by atoms with E-state index in [9.17, 15) is 4.79 Å². The average Bonchev–Trinajstić information content (AvgIpc) is 3.04. The summed E-state index contributed by atoms with van der Waals surface area (Å²) in [6.45, 7) is 15.3. The van der Waals surface area contributed by atoms with Crippen LogP contribution in [0.15, 0.2) is 12.7 Å². The molecule has 0 fully saturated rings. The molecule has 15 heteroatoms. The number of carbonyl (C=O) groups is 1. The monoisotopic (exact) mass is 662 g/mol. The molecule has 44 heavy (non-hydrogen) atoms. The van der Waals surface area contributed by atoms with Crippen molar-refractivity contribution in [2.45, 2.75) is 0 Å². The first kappa shape index (κ1) is 43.0. The second-order valence-electron chi connectivity index (χ2n) is 8.41. The molecule has 0 saturated heterocycles. The molecule has 0 saturated carbocycles. The van der Waals surface area contributed by atoms with Crippen molar-refractivity contribution in [2.24, 2.45) is 0 Å². The molecular formula is C29H55ClO14. The second kappa shape index (κ2) is 40.0. The fourth-order valence-electron chi connectivity index (χ4n) is 2.84. The van der Waals surface area contributed by atoms with Gasteiger partial charge in [-0.3, -0.25) is 0 Å². The molecule has 0 amide bonds. The number of hydrogen-bond acceptors (Lipinski definition) is 14. The fraction of sp³-hybridized carbons (Fsp3) is 0.897. The van der Waals surface area contributed by atoms with E-state index in [4.69, 9.17) is 73.2 Å². The Hall–Kier alpha value is -0.980. The number of carbonyl (C=O) groups excluding carboxylic acids is 1. The van der Waals surface area contributed by atoms with E-state index in [0.29, 0.717) is 164 Å². The number of halogens is 1. The van der Waals surface area contributed by atoms with Crippen LogP contribution in [0.1, 0.15) is 0 Å². The smallest absolute Gasteiger partial charge is 0.330 e. The molecule has 0 heterocycles. The summed E-state index contributed by atoms with van der Waals surface area (Å²) in [5.41, 5.74) is 0. The van der Waals surface area contributed by atoms with Crippen LogP contribution in [-0.4, -0.2) is 177 Å². The van der Waals surface area contributed by atoms with Crippen LogP contribution in [0.25, 0.3) is 0 Å². The fourth-order valence-corrected chi connectivity index (χ4v) is 2.94. The lowest BCUT2D eigenvalue weighted by atomic mass is 10.6. The second-order valence-corrected chi connectivity index (χ2v) is 8.79. The predicted molar refractivity (Wildman–Crippen MR) is 162 cm³/mol. The van der Waals surface area contributed by atoms with Gasteiger partial charge in [-0.1, -0.05) is 6.58 Å². The van der Waals surface area contributed by atoms with Crippen molar-refractivity contribution in [2.75, 3.05) is 171 Å². The summed E-state index contributed by atoms with van der Waals surface area (Å²) < 4.78 is 69.5. The molecule has 0 N–H and O–H groups in total. The van der Waals surface area contributed by atoms with Gasteiger partial charge >= 0.3 is 5.97 Å². The van der Waals surface area contributed by atoms with Crippen molar-refractivity contribution >= 4 is 17.6 Å². The Bertz CT molecular complexity index is 576. The minimum Gasteiger partial charge on any atom is -0.460 e. The quantitative estimate of drug-likeness (QED) is 0.0403. The zero-order valence-corrected chi connectivity index (χ0v) is 27.0. The maximum atomic E-state index is 10.8. The van der Waals surface area contributed by atoms with Crippen molar-refractivity contribution in [1.82, 2.24) is 0 Å². The minimum absolute atomic E-state index is 0.197. The molecule has 0 aromatic carbocycles. The topological polar surface area (TPSA) is 137 Å². The van der Waals surface area contributed by atoms with Gasteiger partial charge in [-0.15, -0.1) is 11.6 Å².